The summed E-state index contributed by atoms with van der Waals surface area (Å²) in [5.74, 6) is 0.365. The first-order chi connectivity index (χ1) is 8.92. The Morgan fingerprint density at radius 3 is 2.89 bits per heavy atom. The molecule has 2 rings (SSSR count). The molecule has 0 saturated heterocycles. The van der Waals surface area contributed by atoms with Crippen LogP contribution in [0.3, 0.4) is 0 Å². The van der Waals surface area contributed by atoms with Crippen LogP contribution >= 0.6 is 22.6 Å². The van der Waals surface area contributed by atoms with Gasteiger partial charge in [0.2, 0.25) is 0 Å². The highest BCUT2D eigenvalue weighted by atomic mass is 127. The van der Waals surface area contributed by atoms with Gasteiger partial charge in [0.15, 0.2) is 0 Å². The van der Waals surface area contributed by atoms with Crippen LogP contribution in [0.25, 0.3) is 0 Å². The molecule has 4 nitrogen and oxygen atoms in total. The fourth-order valence-corrected chi connectivity index (χ4v) is 1.78. The quantitative estimate of drug-likeness (QED) is 0.353. The SMILES string of the molecule is CCC(C)(I)C(=O)Oc1ccc2c(c1)OC(=O)CC2. The predicted molar refractivity (Wildman–Crippen MR) is 78.7 cm³/mol. The van der Waals surface area contributed by atoms with Gasteiger partial charge in [-0.15, -0.1) is 0 Å². The third-order valence-electron chi connectivity index (χ3n) is 3.16. The zero-order valence-electron chi connectivity index (χ0n) is 10.9. The van der Waals surface area contributed by atoms with E-state index in [4.69, 9.17) is 9.47 Å². The molecule has 0 fully saturated rings. The zero-order valence-corrected chi connectivity index (χ0v) is 13.0. The van der Waals surface area contributed by atoms with Crippen molar-refractivity contribution in [1.29, 1.82) is 0 Å². The molecule has 1 heterocycles. The Balaban J connectivity index is 2.17. The fourth-order valence-electron chi connectivity index (χ4n) is 1.67. The summed E-state index contributed by atoms with van der Waals surface area (Å²) in [6, 6.07) is 5.17. The monoisotopic (exact) mass is 374 g/mol. The number of carbonyl (C=O) groups is 2. The summed E-state index contributed by atoms with van der Waals surface area (Å²) in [4.78, 5) is 23.2. The number of halogens is 1. The molecule has 0 amide bonds. The Bertz CT molecular complexity index is 522. The molecule has 0 N–H and O–H groups in total. The predicted octanol–water partition coefficient (Wildman–Crippen LogP) is 3.05. The normalized spacial score (nSPS) is 17.1. The van der Waals surface area contributed by atoms with Gasteiger partial charge in [0.05, 0.1) is 6.42 Å². The molecular formula is C14H15IO4. The largest absolute Gasteiger partial charge is 0.426 e. The maximum atomic E-state index is 12.0. The van der Waals surface area contributed by atoms with E-state index in [1.165, 1.54) is 0 Å². The third-order valence-corrected chi connectivity index (χ3v) is 4.36. The number of fused-ring (bicyclic) bond motifs is 1. The minimum atomic E-state index is -0.551. The minimum Gasteiger partial charge on any atom is -0.426 e. The van der Waals surface area contributed by atoms with E-state index in [-0.39, 0.29) is 11.9 Å². The Labute approximate surface area is 125 Å². The van der Waals surface area contributed by atoms with Crippen molar-refractivity contribution in [2.75, 3.05) is 0 Å². The molecule has 0 radical (unpaired) electrons. The molecule has 0 saturated carbocycles. The van der Waals surface area contributed by atoms with Crippen LogP contribution in [0, 0.1) is 0 Å². The van der Waals surface area contributed by atoms with E-state index in [1.54, 1.807) is 12.1 Å². The maximum Gasteiger partial charge on any atom is 0.327 e. The summed E-state index contributed by atoms with van der Waals surface area (Å²) in [7, 11) is 0. The van der Waals surface area contributed by atoms with Gasteiger partial charge < -0.3 is 9.47 Å². The Kier molecular flexibility index (Phi) is 4.13. The highest BCUT2D eigenvalue weighted by Crippen LogP contribution is 2.31. The first kappa shape index (κ1) is 14.3. The van der Waals surface area contributed by atoms with Gasteiger partial charge in [0.1, 0.15) is 14.9 Å². The van der Waals surface area contributed by atoms with Gasteiger partial charge in [-0.3, -0.25) is 9.59 Å². The molecule has 5 heteroatoms. The van der Waals surface area contributed by atoms with Gasteiger partial charge in [0, 0.05) is 6.07 Å². The van der Waals surface area contributed by atoms with Crippen LogP contribution in [0.5, 0.6) is 11.5 Å². The molecule has 19 heavy (non-hydrogen) atoms. The summed E-state index contributed by atoms with van der Waals surface area (Å²) in [5, 5.41) is 0. The molecule has 1 aliphatic heterocycles. The van der Waals surface area contributed by atoms with Crippen molar-refractivity contribution in [2.45, 2.75) is 36.5 Å². The Morgan fingerprint density at radius 2 is 2.21 bits per heavy atom. The molecule has 0 aliphatic carbocycles. The van der Waals surface area contributed by atoms with E-state index in [9.17, 15) is 9.59 Å². The van der Waals surface area contributed by atoms with Crippen LogP contribution in [0.2, 0.25) is 0 Å². The van der Waals surface area contributed by atoms with Crippen molar-refractivity contribution in [2.24, 2.45) is 0 Å². The van der Waals surface area contributed by atoms with Gasteiger partial charge in [-0.25, -0.2) is 0 Å². The number of carbonyl (C=O) groups excluding carboxylic acids is 2. The summed E-state index contributed by atoms with van der Waals surface area (Å²) < 4.78 is 9.92. The second-order valence-corrected chi connectivity index (χ2v) is 7.07. The lowest BCUT2D eigenvalue weighted by Gasteiger charge is -2.20. The standard InChI is InChI=1S/C14H15IO4/c1-3-14(2,15)13(17)18-10-6-4-9-5-7-12(16)19-11(9)8-10/h4,6,8H,3,5,7H2,1-2H3. The zero-order chi connectivity index (χ0) is 14.0. The molecule has 102 valence electrons. The fraction of sp³-hybridized carbons (Fsp3) is 0.429. The average Bonchev–Trinajstić information content (AvgIpc) is 2.38. The molecular weight excluding hydrogens is 359 g/mol. The molecule has 0 bridgehead atoms. The van der Waals surface area contributed by atoms with Gasteiger partial charge in [-0.2, -0.15) is 0 Å². The van der Waals surface area contributed by atoms with E-state index in [0.29, 0.717) is 30.8 Å². The van der Waals surface area contributed by atoms with Crippen molar-refractivity contribution in [1.82, 2.24) is 0 Å². The number of hydrogen-bond acceptors (Lipinski definition) is 4. The van der Waals surface area contributed by atoms with Crippen LogP contribution in [0.15, 0.2) is 18.2 Å². The van der Waals surface area contributed by atoms with Crippen LogP contribution in [-0.4, -0.2) is 15.4 Å². The van der Waals surface area contributed by atoms with Crippen LogP contribution < -0.4 is 9.47 Å². The van der Waals surface area contributed by atoms with Crippen molar-refractivity contribution < 1.29 is 19.1 Å². The number of rotatable bonds is 3. The van der Waals surface area contributed by atoms with Gasteiger partial charge >= 0.3 is 11.9 Å². The van der Waals surface area contributed by atoms with E-state index >= 15 is 0 Å². The van der Waals surface area contributed by atoms with Gasteiger partial charge in [-0.1, -0.05) is 35.6 Å². The number of alkyl halides is 1. The maximum absolute atomic E-state index is 12.0. The molecule has 1 aliphatic rings. The first-order valence-electron chi connectivity index (χ1n) is 6.17. The van der Waals surface area contributed by atoms with Crippen molar-refractivity contribution in [3.8, 4) is 11.5 Å². The van der Waals surface area contributed by atoms with Crippen LogP contribution in [0.1, 0.15) is 32.3 Å². The number of hydrogen-bond donors (Lipinski definition) is 0. The summed E-state index contributed by atoms with van der Waals surface area (Å²) in [5.41, 5.74) is 0.965. The minimum absolute atomic E-state index is 0.247. The lowest BCUT2D eigenvalue weighted by atomic mass is 10.1. The number of esters is 2. The number of benzene rings is 1. The van der Waals surface area contributed by atoms with Crippen molar-refractivity contribution in [3.63, 3.8) is 0 Å². The molecule has 1 atom stereocenters. The molecule has 1 unspecified atom stereocenters. The first-order valence-corrected chi connectivity index (χ1v) is 7.25. The summed E-state index contributed by atoms with van der Waals surface area (Å²) in [6.07, 6.45) is 1.75. The second-order valence-electron chi connectivity index (χ2n) is 4.68. The van der Waals surface area contributed by atoms with Crippen LogP contribution in [0.4, 0.5) is 0 Å². The van der Waals surface area contributed by atoms with Gasteiger partial charge in [-0.05, 0) is 31.4 Å². The second kappa shape index (κ2) is 5.48. The van der Waals surface area contributed by atoms with Crippen molar-refractivity contribution in [3.05, 3.63) is 23.8 Å². The highest BCUT2D eigenvalue weighted by molar-refractivity contribution is 14.1. The third kappa shape index (κ3) is 3.26. The van der Waals surface area contributed by atoms with E-state index in [1.807, 2.05) is 19.9 Å². The van der Waals surface area contributed by atoms with E-state index < -0.39 is 3.42 Å². The Hall–Kier alpha value is -1.11. The lowest BCUT2D eigenvalue weighted by Crippen LogP contribution is -2.31. The van der Waals surface area contributed by atoms with Gasteiger partial charge in [0.25, 0.3) is 0 Å². The highest BCUT2D eigenvalue weighted by Gasteiger charge is 2.30. The summed E-state index contributed by atoms with van der Waals surface area (Å²) in [6.45, 7) is 3.76. The summed E-state index contributed by atoms with van der Waals surface area (Å²) >= 11 is 2.08. The molecule has 1 aromatic rings. The van der Waals surface area contributed by atoms with Crippen molar-refractivity contribution >= 4 is 34.5 Å². The topological polar surface area (TPSA) is 52.6 Å². The average molecular weight is 374 g/mol. The smallest absolute Gasteiger partial charge is 0.327 e. The van der Waals surface area contributed by atoms with E-state index in [2.05, 4.69) is 22.6 Å². The molecule has 0 spiro atoms. The van der Waals surface area contributed by atoms with Crippen LogP contribution in [-0.2, 0) is 16.0 Å². The molecule has 1 aromatic carbocycles. The Morgan fingerprint density at radius 1 is 1.47 bits per heavy atom. The number of ether oxygens (including phenoxy) is 2. The van der Waals surface area contributed by atoms with E-state index in [0.717, 1.165) is 5.56 Å². The molecule has 0 aromatic heterocycles. The lowest BCUT2D eigenvalue weighted by molar-refractivity contribution is -0.136. The number of aryl methyl sites for hydroxylation is 1.